The molecule has 0 aliphatic carbocycles. The van der Waals surface area contributed by atoms with Crippen molar-refractivity contribution >= 4 is 5.91 Å². The molecule has 0 N–H and O–H groups in total. The van der Waals surface area contributed by atoms with Crippen LogP contribution in [0.3, 0.4) is 0 Å². The van der Waals surface area contributed by atoms with E-state index in [1.807, 2.05) is 18.2 Å². The molecule has 2 rings (SSSR count). The van der Waals surface area contributed by atoms with Crippen LogP contribution in [0, 0.1) is 0 Å². The first-order valence-corrected chi connectivity index (χ1v) is 9.33. The average Bonchev–Trinajstić information content (AvgIpc) is 2.58. The molecule has 4 heteroatoms. The monoisotopic (exact) mass is 333 g/mol. The van der Waals surface area contributed by atoms with E-state index in [-0.39, 0.29) is 5.91 Å². The van der Waals surface area contributed by atoms with Gasteiger partial charge in [-0.05, 0) is 37.5 Å². The van der Waals surface area contributed by atoms with E-state index < -0.39 is 0 Å². The van der Waals surface area contributed by atoms with Crippen LogP contribution in [0.4, 0.5) is 0 Å². The average molecular weight is 333 g/mol. The summed E-state index contributed by atoms with van der Waals surface area (Å²) in [6, 6.07) is 6.13. The zero-order chi connectivity index (χ0) is 17.4. The zero-order valence-electron chi connectivity index (χ0n) is 15.3. The van der Waals surface area contributed by atoms with Crippen LogP contribution in [0.15, 0.2) is 18.2 Å². The third-order valence-electron chi connectivity index (χ3n) is 4.52. The van der Waals surface area contributed by atoms with Gasteiger partial charge in [-0.2, -0.15) is 0 Å². The van der Waals surface area contributed by atoms with Crippen LogP contribution in [-0.2, 0) is 11.2 Å². The Morgan fingerprint density at radius 1 is 1.12 bits per heavy atom. The molecule has 0 saturated carbocycles. The third-order valence-corrected chi connectivity index (χ3v) is 4.52. The first-order chi connectivity index (χ1) is 11.7. The second-order valence-electron chi connectivity index (χ2n) is 6.59. The molecule has 0 aromatic heterocycles. The molecule has 0 bridgehead atoms. The molecule has 1 aromatic rings. The molecule has 1 heterocycles. The summed E-state index contributed by atoms with van der Waals surface area (Å²) in [4.78, 5) is 14.9. The number of amides is 1. The number of hydrogen-bond donors (Lipinski definition) is 0. The lowest BCUT2D eigenvalue weighted by molar-refractivity contribution is -0.132. The summed E-state index contributed by atoms with van der Waals surface area (Å²) in [7, 11) is 0. The quantitative estimate of drug-likeness (QED) is 0.636. The Morgan fingerprint density at radius 2 is 1.88 bits per heavy atom. The molecule has 0 spiro atoms. The topological polar surface area (TPSA) is 38.8 Å². The minimum absolute atomic E-state index is 0.212. The lowest BCUT2D eigenvalue weighted by Gasteiger charge is -2.29. The van der Waals surface area contributed by atoms with Crippen molar-refractivity contribution in [2.24, 2.45) is 0 Å². The van der Waals surface area contributed by atoms with Gasteiger partial charge in [0.05, 0.1) is 6.42 Å². The number of rotatable bonds is 9. The van der Waals surface area contributed by atoms with Gasteiger partial charge in [-0.1, -0.05) is 39.2 Å². The van der Waals surface area contributed by atoms with Crippen LogP contribution < -0.4 is 9.47 Å². The Morgan fingerprint density at radius 3 is 2.58 bits per heavy atom. The maximum absolute atomic E-state index is 12.8. The molecule has 1 atom stereocenters. The molecule has 134 valence electrons. The first-order valence-electron chi connectivity index (χ1n) is 9.33. The minimum Gasteiger partial charge on any atom is -0.486 e. The number of ether oxygens (including phenoxy) is 2. The SMILES string of the molecule is CCCCCN(C(=O)Cc1ccc2c(c1)OCCO2)C(C)CCC. The number of nitrogens with zero attached hydrogens (tertiary/aromatic N) is 1. The number of hydrogen-bond acceptors (Lipinski definition) is 3. The number of benzene rings is 1. The summed E-state index contributed by atoms with van der Waals surface area (Å²) >= 11 is 0. The van der Waals surface area contributed by atoms with E-state index in [1.165, 1.54) is 12.8 Å². The fourth-order valence-corrected chi connectivity index (χ4v) is 3.17. The Balaban J connectivity index is 2.02. The lowest BCUT2D eigenvalue weighted by Crippen LogP contribution is -2.40. The van der Waals surface area contributed by atoms with Gasteiger partial charge in [0, 0.05) is 12.6 Å². The highest BCUT2D eigenvalue weighted by molar-refractivity contribution is 5.79. The number of fused-ring (bicyclic) bond motifs is 1. The first kappa shape index (κ1) is 18.6. The van der Waals surface area contributed by atoms with E-state index in [1.54, 1.807) is 0 Å². The molecule has 0 radical (unpaired) electrons. The summed E-state index contributed by atoms with van der Waals surface area (Å²) in [5, 5.41) is 0. The molecule has 0 saturated heterocycles. The molecular weight excluding hydrogens is 302 g/mol. The van der Waals surface area contributed by atoms with Crippen LogP contribution in [0.2, 0.25) is 0 Å². The predicted octanol–water partition coefficient (Wildman–Crippen LogP) is 4.21. The van der Waals surface area contributed by atoms with Crippen LogP contribution in [-0.4, -0.2) is 36.6 Å². The van der Waals surface area contributed by atoms with Crippen LogP contribution in [0.1, 0.15) is 58.4 Å². The third kappa shape index (κ3) is 5.15. The van der Waals surface area contributed by atoms with Crippen molar-refractivity contribution in [1.29, 1.82) is 0 Å². The molecule has 0 fully saturated rings. The summed E-state index contributed by atoms with van der Waals surface area (Å²) < 4.78 is 11.2. The Labute approximate surface area is 146 Å². The standard InChI is InChI=1S/C20H31NO3/c1-4-6-7-11-21(16(3)8-5-2)20(22)15-17-9-10-18-19(14-17)24-13-12-23-18/h9-10,14,16H,4-8,11-13,15H2,1-3H3. The smallest absolute Gasteiger partial charge is 0.227 e. The molecule has 1 amide bonds. The maximum Gasteiger partial charge on any atom is 0.227 e. The summed E-state index contributed by atoms with van der Waals surface area (Å²) in [5.41, 5.74) is 0.994. The van der Waals surface area contributed by atoms with Gasteiger partial charge >= 0.3 is 0 Å². The van der Waals surface area contributed by atoms with Gasteiger partial charge in [-0.15, -0.1) is 0 Å². The van der Waals surface area contributed by atoms with Gasteiger partial charge in [0.25, 0.3) is 0 Å². The Kier molecular flexibility index (Phi) is 7.41. The van der Waals surface area contributed by atoms with Gasteiger partial charge in [0.15, 0.2) is 11.5 Å². The highest BCUT2D eigenvalue weighted by atomic mass is 16.6. The van der Waals surface area contributed by atoms with E-state index in [4.69, 9.17) is 9.47 Å². The predicted molar refractivity (Wildman–Crippen MR) is 96.7 cm³/mol. The highest BCUT2D eigenvalue weighted by Crippen LogP contribution is 2.31. The van der Waals surface area contributed by atoms with Crippen LogP contribution in [0.25, 0.3) is 0 Å². The molecule has 1 unspecified atom stereocenters. The molecule has 1 aromatic carbocycles. The molecular formula is C20H31NO3. The summed E-state index contributed by atoms with van der Waals surface area (Å²) in [6.07, 6.45) is 6.01. The zero-order valence-corrected chi connectivity index (χ0v) is 15.3. The Bertz CT molecular complexity index is 530. The van der Waals surface area contributed by atoms with E-state index >= 15 is 0 Å². The van der Waals surface area contributed by atoms with Crippen molar-refractivity contribution < 1.29 is 14.3 Å². The molecule has 1 aliphatic heterocycles. The van der Waals surface area contributed by atoms with Crippen molar-refractivity contribution in [2.75, 3.05) is 19.8 Å². The van der Waals surface area contributed by atoms with Crippen LogP contribution >= 0.6 is 0 Å². The molecule has 1 aliphatic rings. The van der Waals surface area contributed by atoms with Gasteiger partial charge < -0.3 is 14.4 Å². The van der Waals surface area contributed by atoms with E-state index in [0.717, 1.165) is 42.9 Å². The summed E-state index contributed by atoms with van der Waals surface area (Å²) in [6.45, 7) is 8.55. The van der Waals surface area contributed by atoms with E-state index in [2.05, 4.69) is 25.7 Å². The number of unbranched alkanes of at least 4 members (excludes halogenated alkanes) is 2. The fourth-order valence-electron chi connectivity index (χ4n) is 3.17. The van der Waals surface area contributed by atoms with Gasteiger partial charge in [0.2, 0.25) is 5.91 Å². The maximum atomic E-state index is 12.8. The number of carbonyl (C=O) groups excluding carboxylic acids is 1. The normalized spacial score (nSPS) is 14.3. The fraction of sp³-hybridized carbons (Fsp3) is 0.650. The van der Waals surface area contributed by atoms with Crippen LogP contribution in [0.5, 0.6) is 11.5 Å². The second-order valence-corrected chi connectivity index (χ2v) is 6.59. The highest BCUT2D eigenvalue weighted by Gasteiger charge is 2.20. The van der Waals surface area contributed by atoms with Gasteiger partial charge in [-0.3, -0.25) is 4.79 Å². The minimum atomic E-state index is 0.212. The van der Waals surface area contributed by atoms with Crippen molar-refractivity contribution in [3.05, 3.63) is 23.8 Å². The van der Waals surface area contributed by atoms with Gasteiger partial charge in [0.1, 0.15) is 13.2 Å². The number of carbonyl (C=O) groups is 1. The summed E-state index contributed by atoms with van der Waals surface area (Å²) in [5.74, 6) is 1.74. The van der Waals surface area contributed by atoms with Crippen molar-refractivity contribution in [3.8, 4) is 11.5 Å². The van der Waals surface area contributed by atoms with E-state index in [9.17, 15) is 4.79 Å². The molecule has 24 heavy (non-hydrogen) atoms. The Hall–Kier alpha value is -1.71. The molecule has 4 nitrogen and oxygen atoms in total. The van der Waals surface area contributed by atoms with Crippen molar-refractivity contribution in [2.45, 2.75) is 65.3 Å². The second kappa shape index (κ2) is 9.55. The largest absolute Gasteiger partial charge is 0.486 e. The van der Waals surface area contributed by atoms with Gasteiger partial charge in [-0.25, -0.2) is 0 Å². The van der Waals surface area contributed by atoms with E-state index in [0.29, 0.717) is 25.7 Å². The van der Waals surface area contributed by atoms with Crippen molar-refractivity contribution in [3.63, 3.8) is 0 Å². The van der Waals surface area contributed by atoms with Crippen molar-refractivity contribution in [1.82, 2.24) is 4.90 Å². The lowest BCUT2D eigenvalue weighted by atomic mass is 10.1.